The van der Waals surface area contributed by atoms with Gasteiger partial charge in [0.2, 0.25) is 5.78 Å². The summed E-state index contributed by atoms with van der Waals surface area (Å²) < 4.78 is 0. The van der Waals surface area contributed by atoms with Gasteiger partial charge in [0, 0.05) is 22.3 Å². The lowest BCUT2D eigenvalue weighted by molar-refractivity contribution is -0.140. The smallest absolute Gasteiger partial charge is 0.318 e. The number of Topliss-reactive ketones (excluding diaryl/α,β-unsaturated/α-hetero) is 1. The predicted octanol–water partition coefficient (Wildman–Crippen LogP) is 5.52. The van der Waals surface area contributed by atoms with Crippen molar-refractivity contribution in [2.75, 3.05) is 0 Å². The molecule has 0 atom stereocenters. The Bertz CT molecular complexity index is 809. The molecule has 0 saturated heterocycles. The van der Waals surface area contributed by atoms with Crippen molar-refractivity contribution in [2.45, 2.75) is 48.8 Å². The van der Waals surface area contributed by atoms with Crippen LogP contribution in [0.4, 0.5) is 0 Å². The van der Waals surface area contributed by atoms with Gasteiger partial charge in [-0.2, -0.15) is 0 Å². The van der Waals surface area contributed by atoms with Gasteiger partial charge in [-0.3, -0.25) is 4.79 Å². The molecule has 0 spiro atoms. The summed E-state index contributed by atoms with van der Waals surface area (Å²) in [6, 6.07) is 17.6. The zero-order valence-electron chi connectivity index (χ0n) is 15.4. The number of carbonyl (C=O) groups excluding carboxylic acids is 2. The molecule has 0 radical (unpaired) electrons. The SMILES string of the molecule is CC(=O)ON=C(CC1CCCC1)C(=O)c1ccc(Sc2ccccc2)cc1. The summed E-state index contributed by atoms with van der Waals surface area (Å²) >= 11 is 1.65. The van der Waals surface area contributed by atoms with Crippen LogP contribution in [-0.4, -0.2) is 17.5 Å². The topological polar surface area (TPSA) is 55.7 Å². The van der Waals surface area contributed by atoms with Gasteiger partial charge in [0.25, 0.3) is 0 Å². The highest BCUT2D eigenvalue weighted by atomic mass is 32.2. The number of hydrogen-bond acceptors (Lipinski definition) is 5. The number of nitrogens with zero attached hydrogens (tertiary/aromatic N) is 1. The van der Waals surface area contributed by atoms with E-state index in [0.717, 1.165) is 22.6 Å². The molecular formula is C22H23NO3S. The van der Waals surface area contributed by atoms with Crippen LogP contribution >= 0.6 is 11.8 Å². The Hall–Kier alpha value is -2.40. The third-order valence-corrected chi connectivity index (χ3v) is 5.61. The Morgan fingerprint density at radius 1 is 1.00 bits per heavy atom. The Morgan fingerprint density at radius 2 is 1.63 bits per heavy atom. The molecule has 0 amide bonds. The average Bonchev–Trinajstić information content (AvgIpc) is 3.19. The van der Waals surface area contributed by atoms with E-state index in [2.05, 4.69) is 17.3 Å². The number of benzene rings is 2. The highest BCUT2D eigenvalue weighted by molar-refractivity contribution is 7.99. The van der Waals surface area contributed by atoms with Crippen LogP contribution in [0.3, 0.4) is 0 Å². The zero-order valence-corrected chi connectivity index (χ0v) is 16.2. The van der Waals surface area contributed by atoms with Crippen molar-refractivity contribution in [3.8, 4) is 0 Å². The van der Waals surface area contributed by atoms with Crippen LogP contribution in [0, 0.1) is 5.92 Å². The Morgan fingerprint density at radius 3 is 2.26 bits per heavy atom. The molecule has 3 rings (SSSR count). The standard InChI is InChI=1S/C22H23NO3S/c1-16(24)26-23-21(15-17-7-5-6-8-17)22(25)18-11-13-20(14-12-18)27-19-9-3-2-4-10-19/h2-4,9-14,17H,5-8,15H2,1H3. The summed E-state index contributed by atoms with van der Waals surface area (Å²) in [6.07, 6.45) is 5.13. The van der Waals surface area contributed by atoms with Gasteiger partial charge < -0.3 is 4.84 Å². The summed E-state index contributed by atoms with van der Waals surface area (Å²) in [6.45, 7) is 1.29. The second-order valence-corrected chi connectivity index (χ2v) is 7.89. The van der Waals surface area contributed by atoms with Gasteiger partial charge in [0.15, 0.2) is 0 Å². The normalized spacial score (nSPS) is 14.9. The van der Waals surface area contributed by atoms with Gasteiger partial charge in [-0.1, -0.05) is 60.8 Å². The maximum Gasteiger partial charge on any atom is 0.331 e. The molecule has 0 aliphatic heterocycles. The number of hydrogen-bond donors (Lipinski definition) is 0. The number of ketones is 1. The van der Waals surface area contributed by atoms with Crippen molar-refractivity contribution >= 4 is 29.2 Å². The fourth-order valence-electron chi connectivity index (χ4n) is 3.24. The van der Waals surface area contributed by atoms with Gasteiger partial charge in [-0.15, -0.1) is 0 Å². The molecule has 2 aromatic carbocycles. The van der Waals surface area contributed by atoms with Gasteiger partial charge >= 0.3 is 5.97 Å². The lowest BCUT2D eigenvalue weighted by Gasteiger charge is -2.11. The third kappa shape index (κ3) is 5.79. The maximum atomic E-state index is 12.9. The lowest BCUT2D eigenvalue weighted by atomic mass is 9.96. The van der Waals surface area contributed by atoms with E-state index in [-0.39, 0.29) is 5.78 Å². The largest absolute Gasteiger partial charge is 0.331 e. The number of oxime groups is 1. The van der Waals surface area contributed by atoms with Crippen LogP contribution in [0.5, 0.6) is 0 Å². The molecule has 1 aliphatic carbocycles. The first kappa shape index (κ1) is 19.4. The van der Waals surface area contributed by atoms with Crippen molar-refractivity contribution in [1.82, 2.24) is 0 Å². The second kappa shape index (κ2) is 9.51. The van der Waals surface area contributed by atoms with Crippen LogP contribution < -0.4 is 0 Å². The van der Waals surface area contributed by atoms with E-state index in [1.807, 2.05) is 42.5 Å². The predicted molar refractivity (Wildman–Crippen MR) is 107 cm³/mol. The van der Waals surface area contributed by atoms with Crippen LogP contribution in [0.15, 0.2) is 69.5 Å². The van der Waals surface area contributed by atoms with Crippen LogP contribution in [-0.2, 0) is 9.63 Å². The van der Waals surface area contributed by atoms with Crippen molar-refractivity contribution in [2.24, 2.45) is 11.1 Å². The summed E-state index contributed by atoms with van der Waals surface area (Å²) in [5.74, 6) is -0.239. The van der Waals surface area contributed by atoms with E-state index in [1.54, 1.807) is 11.8 Å². The van der Waals surface area contributed by atoms with Crippen LogP contribution in [0.1, 0.15) is 49.4 Å². The minimum Gasteiger partial charge on any atom is -0.318 e. The van der Waals surface area contributed by atoms with E-state index in [9.17, 15) is 9.59 Å². The molecule has 0 bridgehead atoms. The second-order valence-electron chi connectivity index (χ2n) is 6.74. The fraction of sp³-hybridized carbons (Fsp3) is 0.318. The Balaban J connectivity index is 1.72. The minimum absolute atomic E-state index is 0.167. The molecule has 0 heterocycles. The molecule has 4 nitrogen and oxygen atoms in total. The maximum absolute atomic E-state index is 12.9. The van der Waals surface area contributed by atoms with Crippen molar-refractivity contribution in [3.05, 3.63) is 60.2 Å². The van der Waals surface area contributed by atoms with Crippen molar-refractivity contribution in [1.29, 1.82) is 0 Å². The molecule has 0 aromatic heterocycles. The van der Waals surface area contributed by atoms with Gasteiger partial charge in [0.05, 0.1) is 0 Å². The Labute approximate surface area is 164 Å². The summed E-state index contributed by atoms with van der Waals surface area (Å²) in [7, 11) is 0. The van der Waals surface area contributed by atoms with Crippen LogP contribution in [0.2, 0.25) is 0 Å². The first-order valence-corrected chi connectivity index (χ1v) is 10.1. The zero-order chi connectivity index (χ0) is 19.1. The van der Waals surface area contributed by atoms with E-state index in [4.69, 9.17) is 4.84 Å². The van der Waals surface area contributed by atoms with Crippen molar-refractivity contribution in [3.63, 3.8) is 0 Å². The monoisotopic (exact) mass is 381 g/mol. The first-order chi connectivity index (χ1) is 13.1. The van der Waals surface area contributed by atoms with Crippen molar-refractivity contribution < 1.29 is 14.4 Å². The van der Waals surface area contributed by atoms with Gasteiger partial charge in [-0.25, -0.2) is 4.79 Å². The van der Waals surface area contributed by atoms with Crippen LogP contribution in [0.25, 0.3) is 0 Å². The quantitative estimate of drug-likeness (QED) is 0.274. The molecule has 2 aromatic rings. The number of rotatable bonds is 7. The Kier molecular flexibility index (Phi) is 6.82. The minimum atomic E-state index is -0.513. The summed E-state index contributed by atoms with van der Waals surface area (Å²) in [4.78, 5) is 31.0. The van der Waals surface area contributed by atoms with E-state index in [0.29, 0.717) is 23.6 Å². The fourth-order valence-corrected chi connectivity index (χ4v) is 4.08. The molecule has 1 saturated carbocycles. The van der Waals surface area contributed by atoms with Gasteiger partial charge in [-0.05, 0) is 48.7 Å². The molecule has 1 fully saturated rings. The molecule has 5 heteroatoms. The van der Waals surface area contributed by atoms with E-state index < -0.39 is 5.97 Å². The summed E-state index contributed by atoms with van der Waals surface area (Å²) in [5, 5.41) is 3.87. The molecule has 0 N–H and O–H groups in total. The molecular weight excluding hydrogens is 358 g/mol. The van der Waals surface area contributed by atoms with Gasteiger partial charge in [0.1, 0.15) is 5.71 Å². The molecule has 140 valence electrons. The third-order valence-electron chi connectivity index (χ3n) is 4.60. The molecule has 1 aliphatic rings. The first-order valence-electron chi connectivity index (χ1n) is 9.24. The molecule has 0 unspecified atom stereocenters. The van der Waals surface area contributed by atoms with E-state index in [1.165, 1.54) is 19.8 Å². The highest BCUT2D eigenvalue weighted by Gasteiger charge is 2.23. The highest BCUT2D eigenvalue weighted by Crippen LogP contribution is 2.30. The molecule has 27 heavy (non-hydrogen) atoms. The average molecular weight is 381 g/mol. The number of carbonyl (C=O) groups is 2. The summed E-state index contributed by atoms with van der Waals surface area (Å²) in [5.41, 5.74) is 0.900. The van der Waals surface area contributed by atoms with E-state index >= 15 is 0 Å². The lowest BCUT2D eigenvalue weighted by Crippen LogP contribution is -2.18.